The highest BCUT2D eigenvalue weighted by Gasteiger charge is 2.45. The van der Waals surface area contributed by atoms with E-state index in [1.165, 1.54) is 0 Å². The molecule has 0 amide bonds. The summed E-state index contributed by atoms with van der Waals surface area (Å²) in [5.41, 5.74) is 0.769. The molecule has 1 aliphatic rings. The van der Waals surface area contributed by atoms with Gasteiger partial charge in [-0.15, -0.1) is 0 Å². The van der Waals surface area contributed by atoms with Crippen molar-refractivity contribution in [1.82, 2.24) is 0 Å². The third kappa shape index (κ3) is 1.66. The van der Waals surface area contributed by atoms with Gasteiger partial charge in [-0.1, -0.05) is 37.6 Å². The quantitative estimate of drug-likeness (QED) is 0.681. The van der Waals surface area contributed by atoms with Crippen molar-refractivity contribution in [1.29, 1.82) is 0 Å². The molecule has 0 bridgehead atoms. The normalized spacial score (nSPS) is 18.6. The van der Waals surface area contributed by atoms with Crippen LogP contribution in [0.5, 0.6) is 0 Å². The smallest absolute Gasteiger partial charge is 0.136 e. The van der Waals surface area contributed by atoms with Crippen LogP contribution in [-0.2, 0) is 5.67 Å². The highest BCUT2D eigenvalue weighted by molar-refractivity contribution is 6.31. The predicted octanol–water partition coefficient (Wildman–Crippen LogP) is 4.42. The first-order valence-electron chi connectivity index (χ1n) is 5.02. The molecular formula is C12H14ClF. The van der Waals surface area contributed by atoms with E-state index in [2.05, 4.69) is 13.8 Å². The Hall–Kier alpha value is -0.560. The maximum atomic E-state index is 13.7. The second kappa shape index (κ2) is 3.23. The highest BCUT2D eigenvalue weighted by atomic mass is 35.5. The average molecular weight is 213 g/mol. The summed E-state index contributed by atoms with van der Waals surface area (Å²) in [6.07, 6.45) is 1.29. The van der Waals surface area contributed by atoms with Gasteiger partial charge in [-0.05, 0) is 36.0 Å². The molecule has 2 heteroatoms. The molecule has 2 rings (SSSR count). The molecule has 0 nitrogen and oxygen atoms in total. The molecule has 1 aromatic rings. The first-order chi connectivity index (χ1) is 6.53. The van der Waals surface area contributed by atoms with Gasteiger partial charge in [0.2, 0.25) is 0 Å². The summed E-state index contributed by atoms with van der Waals surface area (Å²) >= 11 is 6.09. The van der Waals surface area contributed by atoms with E-state index >= 15 is 0 Å². The van der Waals surface area contributed by atoms with Crippen LogP contribution in [-0.4, -0.2) is 0 Å². The van der Waals surface area contributed by atoms with E-state index < -0.39 is 5.67 Å². The highest BCUT2D eigenvalue weighted by Crippen LogP contribution is 2.50. The van der Waals surface area contributed by atoms with Gasteiger partial charge in [-0.3, -0.25) is 0 Å². The van der Waals surface area contributed by atoms with Gasteiger partial charge in [-0.25, -0.2) is 4.39 Å². The Bertz CT molecular complexity index is 353. The lowest BCUT2D eigenvalue weighted by atomic mass is 9.99. The molecule has 1 aromatic carbocycles. The predicted molar refractivity (Wildman–Crippen MR) is 57.6 cm³/mol. The van der Waals surface area contributed by atoms with Crippen LogP contribution in [0.1, 0.15) is 43.7 Å². The van der Waals surface area contributed by atoms with Crippen LogP contribution < -0.4 is 0 Å². The molecule has 0 unspecified atom stereocenters. The lowest BCUT2D eigenvalue weighted by Crippen LogP contribution is -1.99. The minimum absolute atomic E-state index is 0.395. The zero-order chi connectivity index (χ0) is 10.3. The molecule has 0 radical (unpaired) electrons. The second-order valence-electron chi connectivity index (χ2n) is 4.36. The van der Waals surface area contributed by atoms with Crippen molar-refractivity contribution >= 4 is 11.6 Å². The van der Waals surface area contributed by atoms with E-state index in [0.29, 0.717) is 23.8 Å². The maximum absolute atomic E-state index is 13.7. The lowest BCUT2D eigenvalue weighted by molar-refractivity contribution is 0.317. The number of alkyl halides is 1. The fraction of sp³-hybridized carbons (Fsp3) is 0.500. The van der Waals surface area contributed by atoms with Crippen molar-refractivity contribution < 1.29 is 4.39 Å². The third-order valence-corrected chi connectivity index (χ3v) is 3.16. The van der Waals surface area contributed by atoms with E-state index in [9.17, 15) is 4.39 Å². The largest absolute Gasteiger partial charge is 0.239 e. The Morgan fingerprint density at radius 2 is 2.00 bits per heavy atom. The van der Waals surface area contributed by atoms with E-state index in [1.54, 1.807) is 6.07 Å². The summed E-state index contributed by atoms with van der Waals surface area (Å²) in [5.74, 6) is 0.395. The van der Waals surface area contributed by atoms with Gasteiger partial charge in [0.05, 0.1) is 0 Å². The monoisotopic (exact) mass is 212 g/mol. The van der Waals surface area contributed by atoms with Gasteiger partial charge in [0.15, 0.2) is 0 Å². The molecule has 0 atom stereocenters. The molecule has 1 aliphatic carbocycles. The van der Waals surface area contributed by atoms with Crippen LogP contribution in [0.15, 0.2) is 18.2 Å². The zero-order valence-corrected chi connectivity index (χ0v) is 9.24. The molecule has 0 N–H and O–H groups in total. The van der Waals surface area contributed by atoms with Crippen LogP contribution >= 0.6 is 11.6 Å². The minimum Gasteiger partial charge on any atom is -0.239 e. The fourth-order valence-electron chi connectivity index (χ4n) is 1.67. The Morgan fingerprint density at radius 1 is 1.36 bits per heavy atom. The van der Waals surface area contributed by atoms with Gasteiger partial charge in [-0.2, -0.15) is 0 Å². The van der Waals surface area contributed by atoms with Crippen LogP contribution in [0.2, 0.25) is 5.02 Å². The minimum atomic E-state index is -1.07. The first-order valence-corrected chi connectivity index (χ1v) is 5.39. The van der Waals surface area contributed by atoms with Gasteiger partial charge in [0.1, 0.15) is 5.67 Å². The second-order valence-corrected chi connectivity index (χ2v) is 4.76. The number of halogens is 2. The van der Waals surface area contributed by atoms with E-state index in [0.717, 1.165) is 11.1 Å². The van der Waals surface area contributed by atoms with Crippen LogP contribution in [0.25, 0.3) is 0 Å². The van der Waals surface area contributed by atoms with Crippen molar-refractivity contribution in [3.05, 3.63) is 34.3 Å². The summed E-state index contributed by atoms with van der Waals surface area (Å²) in [6.45, 7) is 4.17. The lowest BCUT2D eigenvalue weighted by Gasteiger charge is -2.11. The zero-order valence-electron chi connectivity index (χ0n) is 8.48. The van der Waals surface area contributed by atoms with E-state index in [-0.39, 0.29) is 0 Å². The van der Waals surface area contributed by atoms with Crippen LogP contribution in [0, 0.1) is 0 Å². The first kappa shape index (κ1) is 9.97. The molecular weight excluding hydrogens is 199 g/mol. The topological polar surface area (TPSA) is 0 Å². The number of benzene rings is 1. The van der Waals surface area contributed by atoms with Crippen molar-refractivity contribution in [2.45, 2.75) is 38.3 Å². The summed E-state index contributed by atoms with van der Waals surface area (Å²) < 4.78 is 13.7. The summed E-state index contributed by atoms with van der Waals surface area (Å²) in [4.78, 5) is 0. The number of hydrogen-bond donors (Lipinski definition) is 0. The molecule has 14 heavy (non-hydrogen) atoms. The van der Waals surface area contributed by atoms with Crippen molar-refractivity contribution in [3.8, 4) is 0 Å². The molecule has 1 fully saturated rings. The maximum Gasteiger partial charge on any atom is 0.136 e. The molecule has 0 aromatic heterocycles. The molecule has 0 spiro atoms. The Labute approximate surface area is 89.1 Å². The van der Waals surface area contributed by atoms with Crippen molar-refractivity contribution in [3.63, 3.8) is 0 Å². The molecule has 1 saturated carbocycles. The SMILES string of the molecule is CC(C)c1ccc(C2(F)CC2)cc1Cl. The Balaban J connectivity index is 2.36. The Kier molecular flexibility index (Phi) is 2.30. The van der Waals surface area contributed by atoms with E-state index in [4.69, 9.17) is 11.6 Å². The van der Waals surface area contributed by atoms with Crippen LogP contribution in [0.3, 0.4) is 0 Å². The summed E-state index contributed by atoms with van der Waals surface area (Å²) in [5, 5.41) is 0.696. The van der Waals surface area contributed by atoms with Gasteiger partial charge in [0.25, 0.3) is 0 Å². The standard InChI is InChI=1S/C12H14ClF/c1-8(2)10-4-3-9(7-11(10)13)12(14)5-6-12/h3-4,7-8H,5-6H2,1-2H3. The van der Waals surface area contributed by atoms with Crippen molar-refractivity contribution in [2.75, 3.05) is 0 Å². The molecule has 0 saturated heterocycles. The average Bonchev–Trinajstić information content (AvgIpc) is 2.84. The van der Waals surface area contributed by atoms with Gasteiger partial charge >= 0.3 is 0 Å². The van der Waals surface area contributed by atoms with Crippen LogP contribution in [0.4, 0.5) is 4.39 Å². The van der Waals surface area contributed by atoms with Gasteiger partial charge < -0.3 is 0 Å². The number of rotatable bonds is 2. The summed E-state index contributed by atoms with van der Waals surface area (Å²) in [6, 6.07) is 5.60. The molecule has 0 aliphatic heterocycles. The number of hydrogen-bond acceptors (Lipinski definition) is 0. The molecule has 0 heterocycles. The fourth-order valence-corrected chi connectivity index (χ4v) is 2.07. The Morgan fingerprint density at radius 3 is 2.43 bits per heavy atom. The van der Waals surface area contributed by atoms with Crippen molar-refractivity contribution in [2.24, 2.45) is 0 Å². The molecule has 76 valence electrons. The summed E-state index contributed by atoms with van der Waals surface area (Å²) in [7, 11) is 0. The third-order valence-electron chi connectivity index (χ3n) is 2.83. The van der Waals surface area contributed by atoms with E-state index in [1.807, 2.05) is 12.1 Å². The van der Waals surface area contributed by atoms with Gasteiger partial charge in [0, 0.05) is 5.02 Å².